The second-order valence-electron chi connectivity index (χ2n) is 5.67. The number of benzene rings is 1. The van der Waals surface area contributed by atoms with Gasteiger partial charge in [0, 0.05) is 13.3 Å². The fourth-order valence-corrected chi connectivity index (χ4v) is 3.13. The lowest BCUT2D eigenvalue weighted by atomic mass is 10.0. The monoisotopic (exact) mass is 346 g/mol. The molecule has 7 heteroatoms. The summed E-state index contributed by atoms with van der Waals surface area (Å²) in [6.07, 6.45) is 1.98. The third-order valence-corrected chi connectivity index (χ3v) is 4.32. The van der Waals surface area contributed by atoms with Gasteiger partial charge in [-0.15, -0.1) is 10.2 Å². The number of hydrogen-bond donors (Lipinski definition) is 2. The summed E-state index contributed by atoms with van der Waals surface area (Å²) in [6.45, 7) is 5.51. The van der Waals surface area contributed by atoms with Crippen molar-refractivity contribution < 1.29 is 9.59 Å². The van der Waals surface area contributed by atoms with E-state index in [4.69, 9.17) is 0 Å². The molecule has 1 aromatic carbocycles. The molecule has 24 heavy (non-hydrogen) atoms. The van der Waals surface area contributed by atoms with Gasteiger partial charge in [0.25, 0.3) is 0 Å². The molecule has 0 aliphatic carbocycles. The van der Waals surface area contributed by atoms with Crippen LogP contribution in [0.1, 0.15) is 48.9 Å². The van der Waals surface area contributed by atoms with E-state index in [1.54, 1.807) is 0 Å². The molecule has 2 aromatic rings. The van der Waals surface area contributed by atoms with Crippen LogP contribution in [0.5, 0.6) is 0 Å². The van der Waals surface area contributed by atoms with Crippen molar-refractivity contribution in [1.29, 1.82) is 0 Å². The molecule has 2 amide bonds. The van der Waals surface area contributed by atoms with Gasteiger partial charge in [-0.25, -0.2) is 0 Å². The summed E-state index contributed by atoms with van der Waals surface area (Å²) < 4.78 is 0. The quantitative estimate of drug-likeness (QED) is 0.807. The Morgan fingerprint density at radius 1 is 1.21 bits per heavy atom. The molecule has 1 heterocycles. The first-order valence-corrected chi connectivity index (χ1v) is 8.75. The Morgan fingerprint density at radius 2 is 1.92 bits per heavy atom. The summed E-state index contributed by atoms with van der Waals surface area (Å²) in [7, 11) is 0. The summed E-state index contributed by atoms with van der Waals surface area (Å²) in [5, 5.41) is 15.0. The molecule has 0 saturated carbocycles. The van der Waals surface area contributed by atoms with Crippen LogP contribution in [0.25, 0.3) is 0 Å². The van der Waals surface area contributed by atoms with Crippen molar-refractivity contribution >= 4 is 28.3 Å². The van der Waals surface area contributed by atoms with Gasteiger partial charge in [-0.2, -0.15) is 0 Å². The van der Waals surface area contributed by atoms with E-state index in [9.17, 15) is 9.59 Å². The topological polar surface area (TPSA) is 84.0 Å². The smallest absolute Gasteiger partial charge is 0.228 e. The van der Waals surface area contributed by atoms with E-state index in [-0.39, 0.29) is 24.3 Å². The molecule has 1 aromatic heterocycles. The fourth-order valence-electron chi connectivity index (χ4n) is 2.27. The van der Waals surface area contributed by atoms with Crippen molar-refractivity contribution in [3.8, 4) is 0 Å². The van der Waals surface area contributed by atoms with Crippen LogP contribution in [0.15, 0.2) is 24.3 Å². The lowest BCUT2D eigenvalue weighted by molar-refractivity contribution is -0.120. The fraction of sp³-hybridized carbons (Fsp3) is 0.412. The van der Waals surface area contributed by atoms with Crippen LogP contribution in [0, 0.1) is 6.92 Å². The van der Waals surface area contributed by atoms with E-state index in [0.29, 0.717) is 5.13 Å². The predicted octanol–water partition coefficient (Wildman–Crippen LogP) is 3.01. The summed E-state index contributed by atoms with van der Waals surface area (Å²) in [4.78, 5) is 23.7. The highest BCUT2D eigenvalue weighted by Gasteiger charge is 2.18. The Bertz CT molecular complexity index is 697. The van der Waals surface area contributed by atoms with Crippen molar-refractivity contribution in [2.24, 2.45) is 0 Å². The van der Waals surface area contributed by atoms with Crippen molar-refractivity contribution in [3.63, 3.8) is 0 Å². The first-order chi connectivity index (χ1) is 11.5. The maximum absolute atomic E-state index is 12.3. The molecule has 0 aliphatic rings. The Morgan fingerprint density at radius 3 is 2.54 bits per heavy atom. The van der Waals surface area contributed by atoms with Crippen LogP contribution in [-0.2, 0) is 16.0 Å². The molecule has 1 atom stereocenters. The maximum Gasteiger partial charge on any atom is 0.228 e. The molecule has 0 spiro atoms. The standard InChI is InChI=1S/C17H22N4O2S/c1-4-5-16-20-21-17(24-16)19-15(23)10-14(18-12(3)22)13-8-6-11(2)7-9-13/h6-9,14H,4-5,10H2,1-3H3,(H,18,22)(H,19,21,23). The Hall–Kier alpha value is -2.28. The average molecular weight is 346 g/mol. The molecule has 128 valence electrons. The SMILES string of the molecule is CCCc1nnc(NC(=O)CC(NC(C)=O)c2ccc(C)cc2)s1. The highest BCUT2D eigenvalue weighted by atomic mass is 32.1. The van der Waals surface area contributed by atoms with Gasteiger partial charge < -0.3 is 10.6 Å². The van der Waals surface area contributed by atoms with Crippen molar-refractivity contribution in [2.45, 2.75) is 46.1 Å². The van der Waals surface area contributed by atoms with Gasteiger partial charge in [-0.3, -0.25) is 9.59 Å². The summed E-state index contributed by atoms with van der Waals surface area (Å²) in [6, 6.07) is 7.40. The van der Waals surface area contributed by atoms with Crippen LogP contribution in [0.3, 0.4) is 0 Å². The van der Waals surface area contributed by atoms with E-state index in [1.165, 1.54) is 18.3 Å². The number of amides is 2. The third kappa shape index (κ3) is 5.42. The predicted molar refractivity (Wildman–Crippen MR) is 94.9 cm³/mol. The zero-order chi connectivity index (χ0) is 17.5. The van der Waals surface area contributed by atoms with Gasteiger partial charge in [0.1, 0.15) is 5.01 Å². The molecule has 2 rings (SSSR count). The summed E-state index contributed by atoms with van der Waals surface area (Å²) in [5.74, 6) is -0.372. The minimum Gasteiger partial charge on any atom is -0.349 e. The van der Waals surface area contributed by atoms with Gasteiger partial charge in [0.05, 0.1) is 12.5 Å². The normalized spacial score (nSPS) is 11.8. The number of aromatic nitrogens is 2. The van der Waals surface area contributed by atoms with E-state index < -0.39 is 0 Å². The first kappa shape index (κ1) is 18.1. The van der Waals surface area contributed by atoms with Crippen LogP contribution in [0.4, 0.5) is 5.13 Å². The largest absolute Gasteiger partial charge is 0.349 e. The van der Waals surface area contributed by atoms with Crippen molar-refractivity contribution in [2.75, 3.05) is 5.32 Å². The van der Waals surface area contributed by atoms with Gasteiger partial charge in [0.2, 0.25) is 16.9 Å². The second kappa shape index (κ2) is 8.54. The van der Waals surface area contributed by atoms with Gasteiger partial charge in [-0.1, -0.05) is 48.1 Å². The number of nitrogens with one attached hydrogen (secondary N) is 2. The molecule has 1 unspecified atom stereocenters. The van der Waals surface area contributed by atoms with E-state index in [2.05, 4.69) is 27.8 Å². The molecule has 0 radical (unpaired) electrons. The highest BCUT2D eigenvalue weighted by molar-refractivity contribution is 7.15. The number of hydrogen-bond acceptors (Lipinski definition) is 5. The minimum atomic E-state index is -0.369. The molecule has 0 fully saturated rings. The van der Waals surface area contributed by atoms with Gasteiger partial charge >= 0.3 is 0 Å². The molecule has 6 nitrogen and oxygen atoms in total. The third-order valence-electron chi connectivity index (χ3n) is 3.42. The number of carbonyl (C=O) groups excluding carboxylic acids is 2. The number of rotatable bonds is 7. The van der Waals surface area contributed by atoms with E-state index in [1.807, 2.05) is 31.2 Å². The first-order valence-electron chi connectivity index (χ1n) is 7.93. The van der Waals surface area contributed by atoms with Crippen molar-refractivity contribution in [3.05, 3.63) is 40.4 Å². The summed E-state index contributed by atoms with van der Waals surface area (Å²) >= 11 is 1.38. The lowest BCUT2D eigenvalue weighted by Crippen LogP contribution is -2.29. The molecule has 0 saturated heterocycles. The molecule has 2 N–H and O–H groups in total. The average Bonchev–Trinajstić information content (AvgIpc) is 2.94. The second-order valence-corrected chi connectivity index (χ2v) is 6.73. The van der Waals surface area contributed by atoms with Crippen LogP contribution < -0.4 is 10.6 Å². The van der Waals surface area contributed by atoms with Crippen LogP contribution in [-0.4, -0.2) is 22.0 Å². The van der Waals surface area contributed by atoms with E-state index in [0.717, 1.165) is 29.0 Å². The number of anilines is 1. The van der Waals surface area contributed by atoms with Gasteiger partial charge in [0.15, 0.2) is 0 Å². The minimum absolute atomic E-state index is 0.144. The molecule has 0 aliphatic heterocycles. The van der Waals surface area contributed by atoms with Gasteiger partial charge in [-0.05, 0) is 18.9 Å². The number of aryl methyl sites for hydroxylation is 2. The Labute approximate surface area is 145 Å². The molecular formula is C17H22N4O2S. The molecular weight excluding hydrogens is 324 g/mol. The van der Waals surface area contributed by atoms with Crippen LogP contribution >= 0.6 is 11.3 Å². The maximum atomic E-state index is 12.3. The lowest BCUT2D eigenvalue weighted by Gasteiger charge is -2.18. The van der Waals surface area contributed by atoms with Crippen LogP contribution in [0.2, 0.25) is 0 Å². The summed E-state index contributed by atoms with van der Waals surface area (Å²) in [5.41, 5.74) is 2.02. The zero-order valence-corrected chi connectivity index (χ0v) is 14.9. The van der Waals surface area contributed by atoms with Crippen molar-refractivity contribution in [1.82, 2.24) is 15.5 Å². The Balaban J connectivity index is 2.03. The number of nitrogens with zero attached hydrogens (tertiary/aromatic N) is 2. The Kier molecular flexibility index (Phi) is 6.43. The van der Waals surface area contributed by atoms with E-state index >= 15 is 0 Å². The highest BCUT2D eigenvalue weighted by Crippen LogP contribution is 2.20. The zero-order valence-electron chi connectivity index (χ0n) is 14.1. The number of carbonyl (C=O) groups is 2. The molecule has 0 bridgehead atoms.